The third-order valence-electron chi connectivity index (χ3n) is 4.69. The van der Waals surface area contributed by atoms with Crippen LogP contribution in [0.5, 0.6) is 0 Å². The molecule has 0 bridgehead atoms. The summed E-state index contributed by atoms with van der Waals surface area (Å²) >= 11 is 1.58. The van der Waals surface area contributed by atoms with E-state index in [0.29, 0.717) is 11.8 Å². The maximum atomic E-state index is 12.5. The SMILES string of the molecule is O=C(c1ccsc1)N1C[C@H]2CCN(c3ncccn3)C[C@H]2C1. The maximum Gasteiger partial charge on any atom is 0.254 e. The highest BCUT2D eigenvalue weighted by Gasteiger charge is 2.39. The summed E-state index contributed by atoms with van der Waals surface area (Å²) in [5.74, 6) is 2.13. The van der Waals surface area contributed by atoms with Gasteiger partial charge in [0, 0.05) is 44.0 Å². The van der Waals surface area contributed by atoms with Crippen molar-refractivity contribution in [2.75, 3.05) is 31.1 Å². The van der Waals surface area contributed by atoms with Crippen LogP contribution < -0.4 is 4.90 Å². The molecule has 6 heteroatoms. The first-order valence-corrected chi connectivity index (χ1v) is 8.59. The van der Waals surface area contributed by atoms with E-state index < -0.39 is 0 Å². The highest BCUT2D eigenvalue weighted by Crippen LogP contribution is 2.33. The molecule has 2 aromatic rings. The summed E-state index contributed by atoms with van der Waals surface area (Å²) in [5, 5.41) is 3.90. The predicted octanol–water partition coefficient (Wildman–Crippen LogP) is 2.14. The Bertz CT molecular complexity index is 645. The molecule has 22 heavy (non-hydrogen) atoms. The zero-order valence-electron chi connectivity index (χ0n) is 12.3. The molecule has 2 atom stereocenters. The Morgan fingerprint density at radius 3 is 2.77 bits per heavy atom. The van der Waals surface area contributed by atoms with Crippen LogP contribution in [0.2, 0.25) is 0 Å². The standard InChI is InChI=1S/C16H18N4OS/c21-15(13-3-7-22-11-13)20-8-12-2-6-19(9-14(12)10-20)16-17-4-1-5-18-16/h1,3-5,7,11-12,14H,2,6,8-10H2/t12-,14+/m1/s1. The first-order valence-electron chi connectivity index (χ1n) is 7.64. The van der Waals surface area contributed by atoms with Crippen molar-refractivity contribution in [1.29, 1.82) is 0 Å². The fourth-order valence-corrected chi connectivity index (χ4v) is 4.17. The van der Waals surface area contributed by atoms with Crippen LogP contribution in [0.15, 0.2) is 35.3 Å². The van der Waals surface area contributed by atoms with Crippen LogP contribution in [-0.2, 0) is 0 Å². The Hall–Kier alpha value is -1.95. The lowest BCUT2D eigenvalue weighted by Gasteiger charge is -2.34. The maximum absolute atomic E-state index is 12.5. The number of hydrogen-bond donors (Lipinski definition) is 0. The normalized spacial score (nSPS) is 24.4. The fourth-order valence-electron chi connectivity index (χ4n) is 3.54. The molecular formula is C16H18N4OS. The number of carbonyl (C=O) groups is 1. The van der Waals surface area contributed by atoms with Gasteiger partial charge in [0.1, 0.15) is 0 Å². The average Bonchev–Trinajstić information content (AvgIpc) is 3.23. The summed E-state index contributed by atoms with van der Waals surface area (Å²) in [6, 6.07) is 3.76. The van der Waals surface area contributed by atoms with Crippen LogP contribution in [0.1, 0.15) is 16.8 Å². The molecule has 0 N–H and O–H groups in total. The minimum Gasteiger partial charge on any atom is -0.340 e. The van der Waals surface area contributed by atoms with Crippen molar-refractivity contribution >= 4 is 23.2 Å². The van der Waals surface area contributed by atoms with Gasteiger partial charge in [0.05, 0.1) is 5.56 Å². The van der Waals surface area contributed by atoms with Gasteiger partial charge >= 0.3 is 0 Å². The average molecular weight is 314 g/mol. The van der Waals surface area contributed by atoms with E-state index in [4.69, 9.17) is 0 Å². The summed E-state index contributed by atoms with van der Waals surface area (Å²) in [6.45, 7) is 3.67. The molecule has 2 aliphatic heterocycles. The first kappa shape index (κ1) is 13.7. The predicted molar refractivity (Wildman–Crippen MR) is 86.1 cm³/mol. The molecule has 0 saturated carbocycles. The van der Waals surface area contributed by atoms with E-state index in [2.05, 4.69) is 14.9 Å². The van der Waals surface area contributed by atoms with Crippen LogP contribution in [0.25, 0.3) is 0 Å². The van der Waals surface area contributed by atoms with Gasteiger partial charge in [0.15, 0.2) is 0 Å². The largest absolute Gasteiger partial charge is 0.340 e. The second kappa shape index (κ2) is 5.68. The molecule has 4 rings (SSSR count). The summed E-state index contributed by atoms with van der Waals surface area (Å²) in [7, 11) is 0. The Labute approximate surface area is 133 Å². The third kappa shape index (κ3) is 2.47. The zero-order valence-corrected chi connectivity index (χ0v) is 13.1. The Morgan fingerprint density at radius 1 is 1.18 bits per heavy atom. The van der Waals surface area contributed by atoms with Crippen LogP contribution in [-0.4, -0.2) is 47.0 Å². The molecule has 114 valence electrons. The van der Waals surface area contributed by atoms with Gasteiger partial charge in [-0.15, -0.1) is 0 Å². The number of fused-ring (bicyclic) bond motifs is 1. The van der Waals surface area contributed by atoms with Crippen molar-refractivity contribution in [3.63, 3.8) is 0 Å². The number of likely N-dealkylation sites (tertiary alicyclic amines) is 1. The summed E-state index contributed by atoms with van der Waals surface area (Å²) < 4.78 is 0. The van der Waals surface area contributed by atoms with Gasteiger partial charge in [-0.3, -0.25) is 4.79 Å². The first-order chi connectivity index (χ1) is 10.8. The lowest BCUT2D eigenvalue weighted by atomic mass is 9.89. The number of nitrogens with zero attached hydrogens (tertiary/aromatic N) is 4. The second-order valence-electron chi connectivity index (χ2n) is 6.03. The van der Waals surface area contributed by atoms with E-state index in [9.17, 15) is 4.79 Å². The summed E-state index contributed by atoms with van der Waals surface area (Å²) in [6.07, 6.45) is 4.68. The molecular weight excluding hydrogens is 296 g/mol. The van der Waals surface area contributed by atoms with Crippen LogP contribution in [0, 0.1) is 11.8 Å². The molecule has 2 aliphatic rings. The lowest BCUT2D eigenvalue weighted by molar-refractivity contribution is 0.0785. The van der Waals surface area contributed by atoms with Crippen LogP contribution in [0.3, 0.4) is 0 Å². The lowest BCUT2D eigenvalue weighted by Crippen LogP contribution is -2.40. The van der Waals surface area contributed by atoms with Crippen molar-refractivity contribution in [3.8, 4) is 0 Å². The van der Waals surface area contributed by atoms with E-state index in [-0.39, 0.29) is 5.91 Å². The van der Waals surface area contributed by atoms with Crippen molar-refractivity contribution < 1.29 is 4.79 Å². The number of piperidine rings is 1. The van der Waals surface area contributed by atoms with Gasteiger partial charge in [-0.2, -0.15) is 11.3 Å². The minimum atomic E-state index is 0.179. The van der Waals surface area contributed by atoms with E-state index >= 15 is 0 Å². The van der Waals surface area contributed by atoms with Gasteiger partial charge < -0.3 is 9.80 Å². The number of rotatable bonds is 2. The molecule has 4 heterocycles. The van der Waals surface area contributed by atoms with Gasteiger partial charge in [-0.1, -0.05) is 0 Å². The topological polar surface area (TPSA) is 49.3 Å². The number of amides is 1. The Morgan fingerprint density at radius 2 is 2.00 bits per heavy atom. The molecule has 5 nitrogen and oxygen atoms in total. The minimum absolute atomic E-state index is 0.179. The van der Waals surface area contributed by atoms with Crippen LogP contribution in [0.4, 0.5) is 5.95 Å². The number of carbonyl (C=O) groups excluding carboxylic acids is 1. The second-order valence-corrected chi connectivity index (χ2v) is 6.81. The highest BCUT2D eigenvalue weighted by molar-refractivity contribution is 7.08. The molecule has 0 aliphatic carbocycles. The van der Waals surface area contributed by atoms with Crippen LogP contribution >= 0.6 is 11.3 Å². The quantitative estimate of drug-likeness (QED) is 0.852. The van der Waals surface area contributed by atoms with Crippen molar-refractivity contribution in [2.45, 2.75) is 6.42 Å². The molecule has 2 saturated heterocycles. The van der Waals surface area contributed by atoms with Gasteiger partial charge in [-0.05, 0) is 35.8 Å². The van der Waals surface area contributed by atoms with Crippen molar-refractivity contribution in [1.82, 2.24) is 14.9 Å². The summed E-state index contributed by atoms with van der Waals surface area (Å²) in [5.41, 5.74) is 0.826. The van der Waals surface area contributed by atoms with E-state index in [1.807, 2.05) is 27.8 Å². The smallest absolute Gasteiger partial charge is 0.254 e. The number of aromatic nitrogens is 2. The molecule has 2 aromatic heterocycles. The molecule has 0 aromatic carbocycles. The van der Waals surface area contributed by atoms with E-state index in [1.165, 1.54) is 0 Å². The number of hydrogen-bond acceptors (Lipinski definition) is 5. The van der Waals surface area contributed by atoms with Gasteiger partial charge in [-0.25, -0.2) is 9.97 Å². The zero-order chi connectivity index (χ0) is 14.9. The van der Waals surface area contributed by atoms with Gasteiger partial charge in [0.2, 0.25) is 5.95 Å². The monoisotopic (exact) mass is 314 g/mol. The molecule has 2 fully saturated rings. The summed E-state index contributed by atoms with van der Waals surface area (Å²) in [4.78, 5) is 25.5. The Kier molecular flexibility index (Phi) is 3.54. The molecule has 0 unspecified atom stereocenters. The van der Waals surface area contributed by atoms with Crippen molar-refractivity contribution in [2.24, 2.45) is 11.8 Å². The third-order valence-corrected chi connectivity index (χ3v) is 5.37. The van der Waals surface area contributed by atoms with Crippen molar-refractivity contribution in [3.05, 3.63) is 40.8 Å². The Balaban J connectivity index is 1.45. The molecule has 1 amide bonds. The van der Waals surface area contributed by atoms with Gasteiger partial charge in [0.25, 0.3) is 5.91 Å². The highest BCUT2D eigenvalue weighted by atomic mass is 32.1. The number of anilines is 1. The molecule has 0 radical (unpaired) electrons. The van der Waals surface area contributed by atoms with E-state index in [0.717, 1.165) is 44.1 Å². The van der Waals surface area contributed by atoms with E-state index in [1.54, 1.807) is 23.7 Å². The molecule has 0 spiro atoms. The fraction of sp³-hybridized carbons (Fsp3) is 0.438. The number of thiophene rings is 1.